The molecule has 3 rings (SSSR count). The van der Waals surface area contributed by atoms with E-state index in [4.69, 9.17) is 21.1 Å². The summed E-state index contributed by atoms with van der Waals surface area (Å²) in [7, 11) is 4.12. The minimum atomic E-state index is 0.251. The maximum absolute atomic E-state index is 9.35. The van der Waals surface area contributed by atoms with Crippen LogP contribution in [-0.2, 0) is 19.8 Å². The maximum Gasteiger partial charge on any atom is 0.142 e. The highest BCUT2D eigenvalue weighted by molar-refractivity contribution is 7.93. The Bertz CT molecular complexity index is 1220. The molecule has 0 spiro atoms. The van der Waals surface area contributed by atoms with Crippen LogP contribution in [0.15, 0.2) is 54.9 Å². The van der Waals surface area contributed by atoms with Crippen molar-refractivity contribution < 1.29 is 14.0 Å². The zero-order valence-electron chi connectivity index (χ0n) is 22.2. The van der Waals surface area contributed by atoms with Crippen LogP contribution in [0.4, 0.5) is 0 Å². The van der Waals surface area contributed by atoms with Crippen molar-refractivity contribution in [2.24, 2.45) is 0 Å². The van der Waals surface area contributed by atoms with E-state index < -0.39 is 0 Å². The fraction of sp³-hybridized carbons (Fsp3) is 0.379. The maximum atomic E-state index is 9.35. The van der Waals surface area contributed by atoms with Gasteiger partial charge in [0.15, 0.2) is 0 Å². The summed E-state index contributed by atoms with van der Waals surface area (Å²) in [4.78, 5) is 8.59. The molecule has 0 saturated heterocycles. The number of hydrogen-bond acceptors (Lipinski definition) is 8. The molecule has 0 fully saturated rings. The van der Waals surface area contributed by atoms with E-state index in [9.17, 15) is 9.81 Å². The average Bonchev–Trinajstić information content (AvgIpc) is 2.91. The lowest BCUT2D eigenvalue weighted by atomic mass is 10.1. The quantitative estimate of drug-likeness (QED) is 0.228. The third-order valence-electron chi connectivity index (χ3n) is 6.05. The molecule has 0 saturated carbocycles. The topological polar surface area (TPSA) is 81.9 Å². The number of ether oxygens (including phenoxy) is 2. The number of nitriles is 1. The first kappa shape index (κ1) is 29.8. The van der Waals surface area contributed by atoms with Crippen molar-refractivity contribution in [3.8, 4) is 17.6 Å². The van der Waals surface area contributed by atoms with Gasteiger partial charge in [-0.3, -0.25) is 9.88 Å². The van der Waals surface area contributed by atoms with Crippen molar-refractivity contribution in [2.45, 2.75) is 33.1 Å². The average molecular weight is 555 g/mol. The number of rotatable bonds is 15. The fourth-order valence-electron chi connectivity index (χ4n) is 3.95. The van der Waals surface area contributed by atoms with Gasteiger partial charge >= 0.3 is 0 Å². The Labute approximate surface area is 235 Å². The molecule has 202 valence electrons. The molecule has 7 nitrogen and oxygen atoms in total. The number of nitrogens with zero attached hydrogens (tertiary/aromatic N) is 4. The number of hydrogen-bond donors (Lipinski definition) is 1. The number of aromatic nitrogens is 1. The molecule has 1 N–H and O–H groups in total. The molecule has 0 aliphatic rings. The van der Waals surface area contributed by atoms with Crippen LogP contribution in [0.25, 0.3) is 0 Å². The van der Waals surface area contributed by atoms with Gasteiger partial charge in [-0.2, -0.15) is 5.26 Å². The molecular formula is C29H35ClN4O3S. The number of pyridine rings is 1. The lowest BCUT2D eigenvalue weighted by Crippen LogP contribution is -2.29. The SMILES string of the molecule is Cc1ccccc1COc1cc(OCc2cncc(C#N)c2)c(CN(CCCN(C)C)CCSO)cc1Cl. The van der Waals surface area contributed by atoms with Crippen LogP contribution in [0.5, 0.6) is 11.5 Å². The first-order valence-corrected chi connectivity index (χ1v) is 13.8. The van der Waals surface area contributed by atoms with Crippen LogP contribution in [0, 0.1) is 18.3 Å². The molecular weight excluding hydrogens is 520 g/mol. The number of halogens is 1. The molecule has 0 amide bonds. The van der Waals surface area contributed by atoms with Gasteiger partial charge < -0.3 is 18.9 Å². The molecule has 0 radical (unpaired) electrons. The van der Waals surface area contributed by atoms with Gasteiger partial charge in [-0.05, 0) is 75.8 Å². The van der Waals surface area contributed by atoms with E-state index in [1.54, 1.807) is 12.3 Å². The van der Waals surface area contributed by atoms with E-state index in [-0.39, 0.29) is 6.61 Å². The van der Waals surface area contributed by atoms with Crippen LogP contribution >= 0.6 is 23.6 Å². The summed E-state index contributed by atoms with van der Waals surface area (Å²) < 4.78 is 21.7. The van der Waals surface area contributed by atoms with Crippen molar-refractivity contribution in [1.29, 1.82) is 5.26 Å². The van der Waals surface area contributed by atoms with Crippen molar-refractivity contribution in [3.63, 3.8) is 0 Å². The second-order valence-electron chi connectivity index (χ2n) is 9.35. The van der Waals surface area contributed by atoms with E-state index >= 15 is 0 Å². The summed E-state index contributed by atoms with van der Waals surface area (Å²) >= 11 is 7.55. The van der Waals surface area contributed by atoms with E-state index in [0.29, 0.717) is 41.0 Å². The summed E-state index contributed by atoms with van der Waals surface area (Å²) in [5.41, 5.74) is 4.44. The minimum absolute atomic E-state index is 0.251. The molecule has 38 heavy (non-hydrogen) atoms. The Morgan fingerprint density at radius 3 is 2.53 bits per heavy atom. The van der Waals surface area contributed by atoms with Crippen LogP contribution in [0.1, 0.15) is 34.2 Å². The Morgan fingerprint density at radius 2 is 1.79 bits per heavy atom. The third kappa shape index (κ3) is 9.50. The molecule has 3 aromatic rings. The highest BCUT2D eigenvalue weighted by atomic mass is 35.5. The Kier molecular flexibility index (Phi) is 12.2. The molecule has 0 bridgehead atoms. The predicted octanol–water partition coefficient (Wildman–Crippen LogP) is 6.03. The molecule has 2 aromatic carbocycles. The standard InChI is InChI=1S/C29H35ClN4O3S/c1-22-7-4-5-8-25(22)21-37-29-15-28(36-20-24-13-23(16-31)17-32-18-24)26(14-27(29)30)19-34(11-12-38-35)10-6-9-33(2)3/h4-5,7-8,13-15,17-18,35H,6,9-12,19-21H2,1-3H3. The molecule has 0 unspecified atom stereocenters. The van der Waals surface area contributed by atoms with E-state index in [0.717, 1.165) is 60.4 Å². The Morgan fingerprint density at radius 1 is 1.00 bits per heavy atom. The van der Waals surface area contributed by atoms with Crippen LogP contribution in [-0.4, -0.2) is 58.8 Å². The lowest BCUT2D eigenvalue weighted by molar-refractivity contribution is 0.248. The van der Waals surface area contributed by atoms with Crippen molar-refractivity contribution in [2.75, 3.05) is 39.5 Å². The summed E-state index contributed by atoms with van der Waals surface area (Å²) in [5, 5.41) is 9.73. The first-order chi connectivity index (χ1) is 18.4. The summed E-state index contributed by atoms with van der Waals surface area (Å²) in [5.74, 6) is 1.81. The molecule has 9 heteroatoms. The summed E-state index contributed by atoms with van der Waals surface area (Å²) in [6.45, 7) is 5.88. The summed E-state index contributed by atoms with van der Waals surface area (Å²) in [6, 6.07) is 15.7. The van der Waals surface area contributed by atoms with E-state index in [2.05, 4.69) is 47.9 Å². The number of benzene rings is 2. The fourth-order valence-corrected chi connectivity index (χ4v) is 4.53. The van der Waals surface area contributed by atoms with Crippen molar-refractivity contribution in [3.05, 3.63) is 87.7 Å². The van der Waals surface area contributed by atoms with Crippen LogP contribution in [0.2, 0.25) is 5.02 Å². The normalized spacial score (nSPS) is 11.1. The van der Waals surface area contributed by atoms with Gasteiger partial charge in [0.05, 0.1) is 10.6 Å². The zero-order chi connectivity index (χ0) is 27.3. The van der Waals surface area contributed by atoms with Crippen LogP contribution < -0.4 is 9.47 Å². The smallest absolute Gasteiger partial charge is 0.142 e. The van der Waals surface area contributed by atoms with Gasteiger partial charge in [0.2, 0.25) is 0 Å². The van der Waals surface area contributed by atoms with Crippen molar-refractivity contribution in [1.82, 2.24) is 14.8 Å². The monoisotopic (exact) mass is 554 g/mol. The second-order valence-corrected chi connectivity index (χ2v) is 10.4. The Hall–Kier alpha value is -2.80. The van der Waals surface area contributed by atoms with Gasteiger partial charge in [-0.25, -0.2) is 0 Å². The van der Waals surface area contributed by atoms with Crippen LogP contribution in [0.3, 0.4) is 0 Å². The molecule has 0 aliphatic heterocycles. The van der Waals surface area contributed by atoms with E-state index in [1.165, 1.54) is 6.20 Å². The molecule has 1 aromatic heterocycles. The largest absolute Gasteiger partial charge is 0.488 e. The predicted molar refractivity (Wildman–Crippen MR) is 154 cm³/mol. The highest BCUT2D eigenvalue weighted by Crippen LogP contribution is 2.35. The minimum Gasteiger partial charge on any atom is -0.488 e. The molecule has 0 atom stereocenters. The Balaban J connectivity index is 1.85. The zero-order valence-corrected chi connectivity index (χ0v) is 23.8. The third-order valence-corrected chi connectivity index (χ3v) is 6.71. The summed E-state index contributed by atoms with van der Waals surface area (Å²) in [6.07, 6.45) is 4.22. The van der Waals surface area contributed by atoms with Crippen molar-refractivity contribution >= 4 is 23.6 Å². The van der Waals surface area contributed by atoms with Gasteiger partial charge in [-0.15, -0.1) is 0 Å². The van der Waals surface area contributed by atoms with Gasteiger partial charge in [-0.1, -0.05) is 35.9 Å². The molecule has 0 aliphatic carbocycles. The highest BCUT2D eigenvalue weighted by Gasteiger charge is 2.16. The van der Waals surface area contributed by atoms with E-state index in [1.807, 2.05) is 30.3 Å². The number of aryl methyl sites for hydroxylation is 1. The van der Waals surface area contributed by atoms with Gasteiger partial charge in [0.25, 0.3) is 0 Å². The van der Waals surface area contributed by atoms with Gasteiger partial charge in [0, 0.05) is 48.4 Å². The van der Waals surface area contributed by atoms with Gasteiger partial charge in [0.1, 0.15) is 30.8 Å². The molecule has 1 heterocycles. The first-order valence-electron chi connectivity index (χ1n) is 12.5. The second kappa shape index (κ2) is 15.6. The lowest BCUT2D eigenvalue weighted by Gasteiger charge is -2.24.